The van der Waals surface area contributed by atoms with Crippen molar-refractivity contribution in [2.24, 2.45) is 0 Å². The minimum absolute atomic E-state index is 0.0648. The minimum atomic E-state index is -0.0648. The first kappa shape index (κ1) is 10.8. The summed E-state index contributed by atoms with van der Waals surface area (Å²) in [5.74, 6) is 0.491. The lowest BCUT2D eigenvalue weighted by atomic mass is 10.2. The summed E-state index contributed by atoms with van der Waals surface area (Å²) >= 11 is 1.63. The Hall–Kier alpha value is -2.08. The number of thiophene rings is 1. The van der Waals surface area contributed by atoms with Crippen LogP contribution in [-0.4, -0.2) is 19.9 Å². The Bertz CT molecular complexity index is 822. The number of rotatable bonds is 1. The highest BCUT2D eigenvalue weighted by Gasteiger charge is 2.21. The highest BCUT2D eigenvalue weighted by atomic mass is 32.1. The Morgan fingerprint density at radius 3 is 3.05 bits per heavy atom. The van der Waals surface area contributed by atoms with E-state index in [2.05, 4.69) is 19.9 Å². The van der Waals surface area contributed by atoms with E-state index in [1.165, 1.54) is 10.4 Å². The Morgan fingerprint density at radius 1 is 1.26 bits per heavy atom. The van der Waals surface area contributed by atoms with Crippen LogP contribution in [0.15, 0.2) is 23.4 Å². The molecule has 0 saturated heterocycles. The van der Waals surface area contributed by atoms with Crippen molar-refractivity contribution in [1.29, 1.82) is 0 Å². The van der Waals surface area contributed by atoms with Gasteiger partial charge in [0.2, 0.25) is 0 Å². The lowest BCUT2D eigenvalue weighted by Crippen LogP contribution is -2.10. The fourth-order valence-corrected chi connectivity index (χ4v) is 3.81. The molecule has 1 aliphatic rings. The Kier molecular flexibility index (Phi) is 2.25. The second-order valence-corrected chi connectivity index (χ2v) is 5.63. The van der Waals surface area contributed by atoms with E-state index in [4.69, 9.17) is 0 Å². The van der Waals surface area contributed by atoms with Crippen LogP contribution in [0.3, 0.4) is 0 Å². The van der Waals surface area contributed by atoms with Gasteiger partial charge in [0.05, 0.1) is 11.6 Å². The van der Waals surface area contributed by atoms with Crippen molar-refractivity contribution in [3.05, 3.63) is 39.4 Å². The van der Waals surface area contributed by atoms with Gasteiger partial charge in [0.15, 0.2) is 5.82 Å². The first-order valence-electron chi connectivity index (χ1n) is 6.14. The predicted molar refractivity (Wildman–Crippen MR) is 73.3 cm³/mol. The number of fused-ring (bicyclic) bond motifs is 3. The molecule has 94 valence electrons. The first-order chi connectivity index (χ1) is 9.33. The molecule has 5 nitrogen and oxygen atoms in total. The highest BCUT2D eigenvalue weighted by molar-refractivity contribution is 7.18. The van der Waals surface area contributed by atoms with E-state index in [0.717, 1.165) is 29.5 Å². The van der Waals surface area contributed by atoms with E-state index in [-0.39, 0.29) is 5.56 Å². The van der Waals surface area contributed by atoms with E-state index in [1.807, 2.05) is 0 Å². The number of hydrogen-bond donors (Lipinski definition) is 1. The minimum Gasteiger partial charge on any atom is -0.305 e. The average molecular weight is 270 g/mol. The summed E-state index contributed by atoms with van der Waals surface area (Å²) < 4.78 is 0. The van der Waals surface area contributed by atoms with Gasteiger partial charge in [-0.15, -0.1) is 11.3 Å². The highest BCUT2D eigenvalue weighted by Crippen LogP contribution is 2.34. The molecular formula is C13H10N4OS. The summed E-state index contributed by atoms with van der Waals surface area (Å²) in [6, 6.07) is 0. The molecule has 19 heavy (non-hydrogen) atoms. The van der Waals surface area contributed by atoms with Crippen LogP contribution >= 0.6 is 11.3 Å². The Morgan fingerprint density at radius 2 is 2.21 bits per heavy atom. The second kappa shape index (κ2) is 3.96. The lowest BCUT2D eigenvalue weighted by molar-refractivity contribution is 0.916. The van der Waals surface area contributed by atoms with Crippen LogP contribution in [0.2, 0.25) is 0 Å². The maximum absolute atomic E-state index is 12.3. The molecule has 0 bridgehead atoms. The number of nitrogens with one attached hydrogen (secondary N) is 1. The van der Waals surface area contributed by atoms with E-state index < -0.39 is 0 Å². The first-order valence-corrected chi connectivity index (χ1v) is 6.95. The summed E-state index contributed by atoms with van der Waals surface area (Å²) in [6.07, 6.45) is 7.99. The molecule has 1 aliphatic carbocycles. The molecule has 0 amide bonds. The smallest absolute Gasteiger partial charge is 0.260 e. The third kappa shape index (κ3) is 1.60. The van der Waals surface area contributed by atoms with Crippen molar-refractivity contribution in [1.82, 2.24) is 19.9 Å². The number of aromatic amines is 1. The van der Waals surface area contributed by atoms with Crippen LogP contribution < -0.4 is 5.56 Å². The van der Waals surface area contributed by atoms with Crippen molar-refractivity contribution >= 4 is 21.6 Å². The third-order valence-corrected chi connectivity index (χ3v) is 4.57. The van der Waals surface area contributed by atoms with Crippen LogP contribution in [0, 0.1) is 0 Å². The molecule has 3 aromatic rings. The molecule has 0 unspecified atom stereocenters. The lowest BCUT2D eigenvalue weighted by Gasteiger charge is -1.99. The number of hydrogen-bond acceptors (Lipinski definition) is 5. The van der Waals surface area contributed by atoms with Crippen molar-refractivity contribution < 1.29 is 0 Å². The molecule has 0 aliphatic heterocycles. The largest absolute Gasteiger partial charge is 0.305 e. The van der Waals surface area contributed by atoms with Crippen LogP contribution in [0.25, 0.3) is 21.7 Å². The van der Waals surface area contributed by atoms with Gasteiger partial charge in [-0.2, -0.15) is 0 Å². The predicted octanol–water partition coefficient (Wildman–Crippen LogP) is 1.93. The third-order valence-electron chi connectivity index (χ3n) is 3.38. The van der Waals surface area contributed by atoms with E-state index >= 15 is 0 Å². The molecule has 4 rings (SSSR count). The molecule has 1 N–H and O–H groups in total. The maximum Gasteiger partial charge on any atom is 0.260 e. The molecule has 0 aromatic carbocycles. The van der Waals surface area contributed by atoms with Crippen molar-refractivity contribution in [3.8, 4) is 11.5 Å². The van der Waals surface area contributed by atoms with Gasteiger partial charge in [-0.1, -0.05) is 0 Å². The molecule has 3 heterocycles. The number of aromatic nitrogens is 4. The fourth-order valence-electron chi connectivity index (χ4n) is 2.54. The SMILES string of the molecule is O=c1[nH]c(-c2cnccn2)nc2sc3c(c12)CCC3. The van der Waals surface area contributed by atoms with E-state index in [0.29, 0.717) is 11.5 Å². The van der Waals surface area contributed by atoms with Gasteiger partial charge < -0.3 is 4.98 Å². The van der Waals surface area contributed by atoms with Gasteiger partial charge in [-0.25, -0.2) is 9.97 Å². The molecule has 0 fully saturated rings. The van der Waals surface area contributed by atoms with Gasteiger partial charge in [-0.3, -0.25) is 9.78 Å². The van der Waals surface area contributed by atoms with Crippen molar-refractivity contribution in [3.63, 3.8) is 0 Å². The second-order valence-electron chi connectivity index (χ2n) is 4.54. The monoisotopic (exact) mass is 270 g/mol. The number of H-pyrrole nitrogens is 1. The fraction of sp³-hybridized carbons (Fsp3) is 0.231. The zero-order chi connectivity index (χ0) is 12.8. The topological polar surface area (TPSA) is 71.5 Å². The Labute approximate surface area is 112 Å². The molecule has 0 saturated carbocycles. The summed E-state index contributed by atoms with van der Waals surface area (Å²) in [5.41, 5.74) is 1.72. The van der Waals surface area contributed by atoms with Gasteiger partial charge in [0.25, 0.3) is 5.56 Å². The van der Waals surface area contributed by atoms with Crippen LogP contribution in [-0.2, 0) is 12.8 Å². The molecule has 0 spiro atoms. The van der Waals surface area contributed by atoms with Crippen LogP contribution in [0.4, 0.5) is 0 Å². The molecule has 6 heteroatoms. The molecule has 0 atom stereocenters. The van der Waals surface area contributed by atoms with Crippen molar-refractivity contribution in [2.45, 2.75) is 19.3 Å². The summed E-state index contributed by atoms with van der Waals surface area (Å²) in [6.45, 7) is 0. The summed E-state index contributed by atoms with van der Waals surface area (Å²) in [5, 5.41) is 0.769. The van der Waals surface area contributed by atoms with Crippen LogP contribution in [0.1, 0.15) is 16.9 Å². The maximum atomic E-state index is 12.3. The van der Waals surface area contributed by atoms with Gasteiger partial charge >= 0.3 is 0 Å². The summed E-state index contributed by atoms with van der Waals surface area (Å²) in [7, 11) is 0. The quantitative estimate of drug-likeness (QED) is 0.733. The zero-order valence-electron chi connectivity index (χ0n) is 10.0. The Balaban J connectivity index is 2.00. The molecular weight excluding hydrogens is 260 g/mol. The number of aryl methyl sites for hydroxylation is 2. The summed E-state index contributed by atoms with van der Waals surface area (Å²) in [4.78, 5) is 29.9. The van der Waals surface area contributed by atoms with E-state index in [1.54, 1.807) is 29.9 Å². The van der Waals surface area contributed by atoms with E-state index in [9.17, 15) is 4.79 Å². The number of nitrogens with zero attached hydrogens (tertiary/aromatic N) is 3. The average Bonchev–Trinajstić information content (AvgIpc) is 2.99. The van der Waals surface area contributed by atoms with Gasteiger partial charge in [0, 0.05) is 17.3 Å². The standard InChI is InChI=1S/C13H10N4OS/c18-12-10-7-2-1-3-9(7)19-13(10)17-11(16-12)8-6-14-4-5-15-8/h4-6H,1-3H2,(H,16,17,18). The van der Waals surface area contributed by atoms with Gasteiger partial charge in [-0.05, 0) is 24.8 Å². The molecule has 0 radical (unpaired) electrons. The zero-order valence-corrected chi connectivity index (χ0v) is 10.8. The van der Waals surface area contributed by atoms with Gasteiger partial charge in [0.1, 0.15) is 10.5 Å². The normalized spacial score (nSPS) is 13.9. The molecule has 3 aromatic heterocycles. The van der Waals surface area contributed by atoms with Crippen LogP contribution in [0.5, 0.6) is 0 Å². The van der Waals surface area contributed by atoms with Crippen molar-refractivity contribution in [2.75, 3.05) is 0 Å².